The van der Waals surface area contributed by atoms with Crippen molar-refractivity contribution in [2.75, 3.05) is 19.4 Å². The number of nitrogens with zero attached hydrogens (tertiary/aromatic N) is 3. The van der Waals surface area contributed by atoms with Crippen molar-refractivity contribution in [2.24, 2.45) is 0 Å². The van der Waals surface area contributed by atoms with Gasteiger partial charge < -0.3 is 10.2 Å². The summed E-state index contributed by atoms with van der Waals surface area (Å²) in [4.78, 5) is 10.6. The fourth-order valence-electron chi connectivity index (χ4n) is 2.49. The first-order valence-corrected chi connectivity index (χ1v) is 7.49. The third kappa shape index (κ3) is 3.50. The van der Waals surface area contributed by atoms with Crippen LogP contribution in [-0.4, -0.2) is 29.0 Å². The van der Waals surface area contributed by atoms with Gasteiger partial charge in [0.2, 0.25) is 5.95 Å². The summed E-state index contributed by atoms with van der Waals surface area (Å²) in [5.74, 6) is 2.31. The van der Waals surface area contributed by atoms with E-state index < -0.39 is 5.82 Å². The number of hydrogen-bond donors (Lipinski definition) is 1. The lowest BCUT2D eigenvalue weighted by Gasteiger charge is -2.11. The van der Waals surface area contributed by atoms with Gasteiger partial charge in [-0.15, -0.1) is 6.42 Å². The summed E-state index contributed by atoms with van der Waals surface area (Å²) in [6, 6.07) is 10.9. The van der Waals surface area contributed by atoms with Gasteiger partial charge in [-0.2, -0.15) is 0 Å². The molecule has 0 amide bonds. The summed E-state index contributed by atoms with van der Waals surface area (Å²) in [5, 5.41) is 3.70. The fourth-order valence-corrected chi connectivity index (χ4v) is 2.49. The van der Waals surface area contributed by atoms with Crippen molar-refractivity contribution in [3.63, 3.8) is 0 Å². The Morgan fingerprint density at radius 3 is 2.83 bits per heavy atom. The first-order chi connectivity index (χ1) is 11.5. The molecule has 1 aromatic heterocycles. The maximum atomic E-state index is 14.1. The largest absolute Gasteiger partial charge is 0.324 e. The zero-order valence-electron chi connectivity index (χ0n) is 13.5. The number of fused-ring (bicyclic) bond motifs is 1. The second-order valence-corrected chi connectivity index (χ2v) is 5.80. The van der Waals surface area contributed by atoms with Crippen LogP contribution in [0.1, 0.15) is 11.1 Å². The predicted octanol–water partition coefficient (Wildman–Crippen LogP) is 3.56. The summed E-state index contributed by atoms with van der Waals surface area (Å²) < 4.78 is 14.1. The van der Waals surface area contributed by atoms with E-state index in [2.05, 4.69) is 26.1 Å². The Morgan fingerprint density at radius 1 is 1.25 bits per heavy atom. The molecule has 0 bridgehead atoms. The lowest BCUT2D eigenvalue weighted by molar-refractivity contribution is 0.402. The Hall–Kier alpha value is -2.97. The van der Waals surface area contributed by atoms with E-state index in [9.17, 15) is 4.39 Å². The van der Waals surface area contributed by atoms with Crippen LogP contribution in [0.3, 0.4) is 0 Å². The van der Waals surface area contributed by atoms with Crippen molar-refractivity contribution >= 4 is 22.5 Å². The molecule has 0 aliphatic rings. The number of nitrogens with one attached hydrogen (secondary N) is 1. The van der Waals surface area contributed by atoms with E-state index in [0.717, 1.165) is 17.8 Å². The number of halogens is 1. The maximum Gasteiger partial charge on any atom is 0.227 e. The van der Waals surface area contributed by atoms with Crippen LogP contribution in [0.4, 0.5) is 16.0 Å². The van der Waals surface area contributed by atoms with Crippen LogP contribution in [0, 0.1) is 18.2 Å². The number of rotatable bonds is 4. The SMILES string of the molecule is C#Cc1cc(F)c2nc(Nc3cccc(CN(C)C)c3)ncc2c1. The third-order valence-corrected chi connectivity index (χ3v) is 3.49. The molecule has 1 N–H and O–H groups in total. The molecule has 3 rings (SSSR count). The monoisotopic (exact) mass is 320 g/mol. The molecular formula is C19H17FN4. The van der Waals surface area contributed by atoms with Crippen LogP contribution in [0.15, 0.2) is 42.6 Å². The lowest BCUT2D eigenvalue weighted by Crippen LogP contribution is -2.10. The van der Waals surface area contributed by atoms with Crippen molar-refractivity contribution in [1.29, 1.82) is 0 Å². The molecule has 0 saturated heterocycles. The molecule has 5 heteroatoms. The minimum atomic E-state index is -0.452. The predicted molar refractivity (Wildman–Crippen MR) is 94.5 cm³/mol. The summed E-state index contributed by atoms with van der Waals surface area (Å²) >= 11 is 0. The molecule has 0 fully saturated rings. The minimum Gasteiger partial charge on any atom is -0.324 e. The third-order valence-electron chi connectivity index (χ3n) is 3.49. The normalized spacial score (nSPS) is 10.8. The molecule has 4 nitrogen and oxygen atoms in total. The highest BCUT2D eigenvalue weighted by atomic mass is 19.1. The van der Waals surface area contributed by atoms with Crippen LogP contribution < -0.4 is 5.32 Å². The molecule has 0 atom stereocenters. The van der Waals surface area contributed by atoms with Gasteiger partial charge in [-0.1, -0.05) is 18.1 Å². The average Bonchev–Trinajstić information content (AvgIpc) is 2.55. The van der Waals surface area contributed by atoms with Crippen LogP contribution >= 0.6 is 0 Å². The average molecular weight is 320 g/mol. The summed E-state index contributed by atoms with van der Waals surface area (Å²) in [6.45, 7) is 0.831. The summed E-state index contributed by atoms with van der Waals surface area (Å²) in [7, 11) is 4.03. The smallest absolute Gasteiger partial charge is 0.227 e. The molecule has 0 unspecified atom stereocenters. The standard InChI is InChI=1S/C19H17FN4/c1-4-13-8-15-11-21-19(23-18(15)17(20)10-13)22-16-7-5-6-14(9-16)12-24(2)3/h1,5-11H,12H2,2-3H3,(H,21,22,23). The van der Waals surface area contributed by atoms with E-state index in [1.165, 1.54) is 6.07 Å². The van der Waals surface area contributed by atoms with Gasteiger partial charge >= 0.3 is 0 Å². The fraction of sp³-hybridized carbons (Fsp3) is 0.158. The van der Waals surface area contributed by atoms with Gasteiger partial charge in [-0.3, -0.25) is 0 Å². The highest BCUT2D eigenvalue weighted by Gasteiger charge is 2.07. The van der Waals surface area contributed by atoms with Crippen molar-refractivity contribution in [2.45, 2.75) is 6.54 Å². The van der Waals surface area contributed by atoms with E-state index in [-0.39, 0.29) is 5.52 Å². The molecule has 0 aliphatic carbocycles. The van der Waals surface area contributed by atoms with Crippen molar-refractivity contribution < 1.29 is 4.39 Å². The summed E-state index contributed by atoms with van der Waals surface area (Å²) in [6.07, 6.45) is 6.88. The minimum absolute atomic E-state index is 0.246. The molecule has 1 heterocycles. The van der Waals surface area contributed by atoms with E-state index >= 15 is 0 Å². The van der Waals surface area contributed by atoms with Crippen LogP contribution in [0.25, 0.3) is 10.9 Å². The zero-order chi connectivity index (χ0) is 17.1. The van der Waals surface area contributed by atoms with Crippen LogP contribution in [0.2, 0.25) is 0 Å². The second-order valence-electron chi connectivity index (χ2n) is 5.80. The van der Waals surface area contributed by atoms with Gasteiger partial charge in [0.05, 0.1) is 0 Å². The molecule has 2 aromatic carbocycles. The first-order valence-electron chi connectivity index (χ1n) is 7.49. The first kappa shape index (κ1) is 15.9. The Bertz CT molecular complexity index is 928. The Balaban J connectivity index is 1.91. The molecule has 120 valence electrons. The molecule has 0 spiro atoms. The molecule has 24 heavy (non-hydrogen) atoms. The van der Waals surface area contributed by atoms with E-state index in [4.69, 9.17) is 6.42 Å². The number of benzene rings is 2. The zero-order valence-corrected chi connectivity index (χ0v) is 13.5. The maximum absolute atomic E-state index is 14.1. The van der Waals surface area contributed by atoms with Gasteiger partial charge in [0, 0.05) is 29.4 Å². The van der Waals surface area contributed by atoms with Crippen LogP contribution in [0.5, 0.6) is 0 Å². The number of terminal acetylenes is 1. The van der Waals surface area contributed by atoms with Crippen molar-refractivity contribution in [1.82, 2.24) is 14.9 Å². The quantitative estimate of drug-likeness (QED) is 0.746. The number of hydrogen-bond acceptors (Lipinski definition) is 4. The summed E-state index contributed by atoms with van der Waals surface area (Å²) in [5.41, 5.74) is 2.74. The molecule has 0 radical (unpaired) electrons. The molecule has 0 aliphatic heterocycles. The van der Waals surface area contributed by atoms with Gasteiger partial charge in [0.25, 0.3) is 0 Å². The van der Waals surface area contributed by atoms with Gasteiger partial charge in [0.15, 0.2) is 5.82 Å². The van der Waals surface area contributed by atoms with E-state index in [1.807, 2.05) is 38.4 Å². The van der Waals surface area contributed by atoms with Crippen molar-refractivity contribution in [3.05, 3.63) is 59.5 Å². The van der Waals surface area contributed by atoms with Gasteiger partial charge in [-0.25, -0.2) is 14.4 Å². The van der Waals surface area contributed by atoms with Gasteiger partial charge in [0.1, 0.15) is 5.52 Å². The van der Waals surface area contributed by atoms with Crippen molar-refractivity contribution in [3.8, 4) is 12.3 Å². The topological polar surface area (TPSA) is 41.1 Å². The highest BCUT2D eigenvalue weighted by Crippen LogP contribution is 2.21. The number of aromatic nitrogens is 2. The van der Waals surface area contributed by atoms with E-state index in [0.29, 0.717) is 16.9 Å². The molecule has 0 saturated carbocycles. The second kappa shape index (κ2) is 6.65. The van der Waals surface area contributed by atoms with Gasteiger partial charge in [-0.05, 0) is 43.9 Å². The molecular weight excluding hydrogens is 303 g/mol. The molecule has 3 aromatic rings. The Kier molecular flexibility index (Phi) is 4.41. The number of anilines is 2. The Labute approximate surface area is 140 Å². The Morgan fingerprint density at radius 2 is 2.08 bits per heavy atom. The highest BCUT2D eigenvalue weighted by molar-refractivity contribution is 5.81. The van der Waals surface area contributed by atoms with E-state index in [1.54, 1.807) is 12.3 Å². The lowest BCUT2D eigenvalue weighted by atomic mass is 10.1. The van der Waals surface area contributed by atoms with Crippen LogP contribution in [-0.2, 0) is 6.54 Å².